The number of hydrogen-bond donors (Lipinski definition) is 1. The van der Waals surface area contributed by atoms with Crippen LogP contribution in [-0.4, -0.2) is 38.7 Å². The standard InChI is InChI=1S/C20H17FN6O4/c1-26-5-4-11-6-12(9-22-19(11)26)18-17(31-3)10-23-20(25-18)24-14-8-15(27(28)29)13(21)7-16(14)30-2/h4-10H,1-3H3,(H,23,24,25). The maximum atomic E-state index is 13.9. The minimum absolute atomic E-state index is 0.0661. The van der Waals surface area contributed by atoms with E-state index in [1.807, 2.05) is 29.9 Å². The Bertz CT molecular complexity index is 1310. The van der Waals surface area contributed by atoms with E-state index in [-0.39, 0.29) is 17.4 Å². The first-order chi connectivity index (χ1) is 14.9. The molecule has 0 aliphatic carbocycles. The summed E-state index contributed by atoms with van der Waals surface area (Å²) in [5.41, 5.74) is 1.42. The van der Waals surface area contributed by atoms with Crippen LogP contribution in [0.4, 0.5) is 21.7 Å². The van der Waals surface area contributed by atoms with E-state index in [1.165, 1.54) is 20.4 Å². The maximum absolute atomic E-state index is 13.9. The lowest BCUT2D eigenvalue weighted by Gasteiger charge is -2.13. The molecule has 0 radical (unpaired) electrons. The monoisotopic (exact) mass is 424 g/mol. The molecule has 0 bridgehead atoms. The van der Waals surface area contributed by atoms with Gasteiger partial charge in [0.1, 0.15) is 17.1 Å². The van der Waals surface area contributed by atoms with Crippen molar-refractivity contribution in [1.29, 1.82) is 0 Å². The lowest BCUT2D eigenvalue weighted by molar-refractivity contribution is -0.387. The molecule has 158 valence electrons. The van der Waals surface area contributed by atoms with Crippen LogP contribution in [0.1, 0.15) is 0 Å². The van der Waals surface area contributed by atoms with Crippen LogP contribution < -0.4 is 14.8 Å². The summed E-state index contributed by atoms with van der Waals surface area (Å²) >= 11 is 0. The van der Waals surface area contributed by atoms with Crippen molar-refractivity contribution >= 4 is 28.4 Å². The van der Waals surface area contributed by atoms with Crippen LogP contribution in [0.25, 0.3) is 22.3 Å². The van der Waals surface area contributed by atoms with E-state index in [0.29, 0.717) is 17.0 Å². The molecule has 0 atom stereocenters. The number of methoxy groups -OCH3 is 2. The molecule has 0 aliphatic heterocycles. The van der Waals surface area contributed by atoms with Gasteiger partial charge in [-0.3, -0.25) is 10.1 Å². The molecule has 3 aromatic heterocycles. The number of fused-ring (bicyclic) bond motifs is 1. The average Bonchev–Trinajstić information content (AvgIpc) is 3.14. The summed E-state index contributed by atoms with van der Waals surface area (Å²) in [6.45, 7) is 0. The minimum Gasteiger partial charge on any atom is -0.494 e. The molecule has 1 N–H and O–H groups in total. The quantitative estimate of drug-likeness (QED) is 0.366. The minimum atomic E-state index is -1.01. The molecule has 3 heterocycles. The number of ether oxygens (including phenoxy) is 2. The molecule has 0 spiro atoms. The molecule has 4 rings (SSSR count). The van der Waals surface area contributed by atoms with Crippen LogP contribution >= 0.6 is 0 Å². The molecule has 0 saturated heterocycles. The number of benzene rings is 1. The van der Waals surface area contributed by atoms with Crippen LogP contribution in [0.2, 0.25) is 0 Å². The summed E-state index contributed by atoms with van der Waals surface area (Å²) in [4.78, 5) is 23.4. The van der Waals surface area contributed by atoms with Crippen LogP contribution in [0.3, 0.4) is 0 Å². The fraction of sp³-hybridized carbons (Fsp3) is 0.150. The molecule has 0 unspecified atom stereocenters. The second-order valence-corrected chi connectivity index (χ2v) is 6.56. The summed E-state index contributed by atoms with van der Waals surface area (Å²) in [7, 11) is 4.72. The Hall–Kier alpha value is -4.28. The Morgan fingerprint density at radius 3 is 2.61 bits per heavy atom. The summed E-state index contributed by atoms with van der Waals surface area (Å²) in [6.07, 6.45) is 5.03. The van der Waals surface area contributed by atoms with Gasteiger partial charge >= 0.3 is 5.69 Å². The highest BCUT2D eigenvalue weighted by atomic mass is 19.1. The van der Waals surface area contributed by atoms with Crippen LogP contribution in [-0.2, 0) is 7.05 Å². The van der Waals surface area contributed by atoms with Gasteiger partial charge in [0.05, 0.1) is 31.0 Å². The molecule has 11 heteroatoms. The van der Waals surface area contributed by atoms with Gasteiger partial charge in [0.2, 0.25) is 11.8 Å². The van der Waals surface area contributed by atoms with Gasteiger partial charge < -0.3 is 19.4 Å². The van der Waals surface area contributed by atoms with Gasteiger partial charge in [-0.2, -0.15) is 4.39 Å². The zero-order valence-electron chi connectivity index (χ0n) is 16.8. The molecule has 1 aromatic carbocycles. The summed E-state index contributed by atoms with van der Waals surface area (Å²) < 4.78 is 26.3. The highest BCUT2D eigenvalue weighted by molar-refractivity contribution is 5.82. The molecule has 31 heavy (non-hydrogen) atoms. The summed E-state index contributed by atoms with van der Waals surface area (Å²) in [5, 5.41) is 14.9. The number of nitrogens with zero attached hydrogens (tertiary/aromatic N) is 5. The van der Waals surface area contributed by atoms with Crippen LogP contribution in [0.5, 0.6) is 11.5 Å². The number of nitro groups is 1. The zero-order chi connectivity index (χ0) is 22.1. The Labute approximate surface area is 175 Å². The van der Waals surface area contributed by atoms with E-state index in [1.54, 1.807) is 6.20 Å². The SMILES string of the molecule is COc1cc(F)c([N+](=O)[O-])cc1Nc1ncc(OC)c(-c2cnc3c(ccn3C)c2)n1. The van der Waals surface area contributed by atoms with Crippen LogP contribution in [0.15, 0.2) is 42.9 Å². The van der Waals surface area contributed by atoms with E-state index in [9.17, 15) is 14.5 Å². The van der Waals surface area contributed by atoms with E-state index in [4.69, 9.17) is 9.47 Å². The lowest BCUT2D eigenvalue weighted by atomic mass is 10.1. The fourth-order valence-corrected chi connectivity index (χ4v) is 3.14. The third-order valence-corrected chi connectivity index (χ3v) is 4.67. The predicted molar refractivity (Wildman–Crippen MR) is 111 cm³/mol. The molecule has 0 fully saturated rings. The van der Waals surface area contributed by atoms with Crippen molar-refractivity contribution < 1.29 is 18.8 Å². The van der Waals surface area contributed by atoms with Crippen molar-refractivity contribution in [2.24, 2.45) is 7.05 Å². The Kier molecular flexibility index (Phi) is 5.07. The number of halogens is 1. The Morgan fingerprint density at radius 1 is 1.13 bits per heavy atom. The number of anilines is 2. The third-order valence-electron chi connectivity index (χ3n) is 4.67. The van der Waals surface area contributed by atoms with E-state index < -0.39 is 16.4 Å². The second kappa shape index (κ2) is 7.86. The molecule has 0 amide bonds. The number of rotatable bonds is 6. The predicted octanol–water partition coefficient (Wildman–Crippen LogP) is 3.84. The molecule has 10 nitrogen and oxygen atoms in total. The largest absolute Gasteiger partial charge is 0.494 e. The number of pyridine rings is 1. The number of aromatic nitrogens is 4. The molecular weight excluding hydrogens is 407 g/mol. The van der Waals surface area contributed by atoms with Crippen molar-refractivity contribution in [2.45, 2.75) is 0 Å². The zero-order valence-corrected chi connectivity index (χ0v) is 16.8. The molecule has 4 aromatic rings. The van der Waals surface area contributed by atoms with Gasteiger partial charge in [-0.25, -0.2) is 15.0 Å². The van der Waals surface area contributed by atoms with Gasteiger partial charge in [0, 0.05) is 42.5 Å². The van der Waals surface area contributed by atoms with Gasteiger partial charge in [-0.1, -0.05) is 0 Å². The van der Waals surface area contributed by atoms with Crippen molar-refractivity contribution in [2.75, 3.05) is 19.5 Å². The number of nitrogens with one attached hydrogen (secondary N) is 1. The molecule has 0 saturated carbocycles. The number of hydrogen-bond acceptors (Lipinski definition) is 8. The van der Waals surface area contributed by atoms with E-state index >= 15 is 0 Å². The topological polar surface area (TPSA) is 117 Å². The van der Waals surface area contributed by atoms with Gasteiger partial charge in [-0.05, 0) is 12.1 Å². The van der Waals surface area contributed by atoms with Gasteiger partial charge in [0.25, 0.3) is 0 Å². The highest BCUT2D eigenvalue weighted by Gasteiger charge is 2.20. The maximum Gasteiger partial charge on any atom is 0.307 e. The Balaban J connectivity index is 1.77. The first-order valence-corrected chi connectivity index (χ1v) is 9.02. The third kappa shape index (κ3) is 3.68. The number of aryl methyl sites for hydroxylation is 1. The first kappa shape index (κ1) is 20.0. The highest BCUT2D eigenvalue weighted by Crippen LogP contribution is 2.35. The van der Waals surface area contributed by atoms with Crippen molar-refractivity contribution in [3.05, 3.63) is 58.8 Å². The normalized spacial score (nSPS) is 10.8. The van der Waals surface area contributed by atoms with Crippen LogP contribution in [0, 0.1) is 15.9 Å². The van der Waals surface area contributed by atoms with E-state index in [0.717, 1.165) is 23.2 Å². The Morgan fingerprint density at radius 2 is 1.90 bits per heavy atom. The van der Waals surface area contributed by atoms with Crippen molar-refractivity contribution in [1.82, 2.24) is 19.5 Å². The molecule has 0 aliphatic rings. The first-order valence-electron chi connectivity index (χ1n) is 9.02. The average molecular weight is 424 g/mol. The van der Waals surface area contributed by atoms with E-state index in [2.05, 4.69) is 20.3 Å². The lowest BCUT2D eigenvalue weighted by Crippen LogP contribution is -2.03. The van der Waals surface area contributed by atoms with Crippen molar-refractivity contribution in [3.63, 3.8) is 0 Å². The summed E-state index contributed by atoms with van der Waals surface area (Å²) in [5.74, 6) is -0.412. The van der Waals surface area contributed by atoms with Gasteiger partial charge in [-0.15, -0.1) is 0 Å². The second-order valence-electron chi connectivity index (χ2n) is 6.56. The number of nitro benzene ring substituents is 1. The van der Waals surface area contributed by atoms with Crippen molar-refractivity contribution in [3.8, 4) is 22.8 Å². The fourth-order valence-electron chi connectivity index (χ4n) is 3.14. The van der Waals surface area contributed by atoms with Gasteiger partial charge in [0.15, 0.2) is 5.75 Å². The smallest absolute Gasteiger partial charge is 0.307 e. The molecular formula is C20H17FN6O4. The summed E-state index contributed by atoms with van der Waals surface area (Å²) in [6, 6.07) is 5.80.